The normalized spacial score (nSPS) is 17.0. The average Bonchev–Trinajstić information content (AvgIpc) is 3.34. The first-order valence-electron chi connectivity index (χ1n) is 14.7. The van der Waals surface area contributed by atoms with Crippen molar-refractivity contribution in [1.82, 2.24) is 19.4 Å². The van der Waals surface area contributed by atoms with Crippen molar-refractivity contribution in [2.45, 2.75) is 71.6 Å². The van der Waals surface area contributed by atoms with Gasteiger partial charge in [0, 0.05) is 55.7 Å². The van der Waals surface area contributed by atoms with E-state index in [1.54, 1.807) is 63.7 Å². The predicted octanol–water partition coefficient (Wildman–Crippen LogP) is 4.01. The molecule has 5 rings (SSSR count). The van der Waals surface area contributed by atoms with Crippen molar-refractivity contribution >= 4 is 28.9 Å². The second-order valence-corrected chi connectivity index (χ2v) is 11.5. The maximum absolute atomic E-state index is 13.6. The molecule has 228 valence electrons. The summed E-state index contributed by atoms with van der Waals surface area (Å²) in [5.74, 6) is 0.0854. The Morgan fingerprint density at radius 1 is 1.05 bits per heavy atom. The van der Waals surface area contributed by atoms with E-state index in [4.69, 9.17) is 14.5 Å². The molecule has 0 fully saturated rings. The summed E-state index contributed by atoms with van der Waals surface area (Å²) in [6.45, 7) is 8.17. The zero-order valence-electron chi connectivity index (χ0n) is 25.5. The highest BCUT2D eigenvalue weighted by Crippen LogP contribution is 2.41. The first-order valence-corrected chi connectivity index (χ1v) is 14.7. The topological polar surface area (TPSA) is 131 Å². The fraction of sp³-hybridized carbons (Fsp3) is 0.469. The van der Waals surface area contributed by atoms with E-state index >= 15 is 0 Å². The number of hydrogen-bond donors (Lipinski definition) is 1. The second kappa shape index (κ2) is 11.4. The summed E-state index contributed by atoms with van der Waals surface area (Å²) in [7, 11) is 3.20. The lowest BCUT2D eigenvalue weighted by atomic mass is 9.77. The van der Waals surface area contributed by atoms with Gasteiger partial charge in [0.2, 0.25) is 0 Å². The number of benzene rings is 1. The van der Waals surface area contributed by atoms with E-state index in [1.807, 2.05) is 6.92 Å². The molecule has 1 N–H and O–H groups in total. The van der Waals surface area contributed by atoms with Crippen LogP contribution >= 0.6 is 0 Å². The molecule has 0 spiro atoms. The van der Waals surface area contributed by atoms with Crippen LogP contribution in [0.4, 0.5) is 9.59 Å². The molecule has 11 heteroatoms. The highest BCUT2D eigenvalue weighted by atomic mass is 16.6. The Bertz CT molecular complexity index is 1700. The molecule has 1 aliphatic heterocycles. The van der Waals surface area contributed by atoms with Crippen LogP contribution in [0.25, 0.3) is 22.3 Å². The quantitative estimate of drug-likeness (QED) is 0.342. The number of carbonyl (C=O) groups excluding carboxylic acids is 3. The molecule has 1 aliphatic carbocycles. The van der Waals surface area contributed by atoms with Crippen LogP contribution in [-0.4, -0.2) is 75.7 Å². The van der Waals surface area contributed by atoms with Crippen LogP contribution in [0.2, 0.25) is 0 Å². The van der Waals surface area contributed by atoms with Crippen molar-refractivity contribution in [3.05, 3.63) is 56.9 Å². The standard InChI is InChI=1S/C32H38N4O7/c1-7-20-22-15-19(43-31(40)35(6)14-13-34(5)30(39)42-18(3)4)9-11-25(22)33-28-23(20)17-36-26(28)16-24-21(29(36)38)10-12-27(37)32(24,41)8-2/h9,11,15-16,18,41H,7-8,10,12-14,17H2,1-6H3/t32-/m0/s1. The Kier molecular flexibility index (Phi) is 8.04. The van der Waals surface area contributed by atoms with E-state index in [-0.39, 0.29) is 43.4 Å². The molecule has 1 atom stereocenters. The summed E-state index contributed by atoms with van der Waals surface area (Å²) in [5.41, 5.74) is 2.83. The molecule has 11 nitrogen and oxygen atoms in total. The molecule has 2 aromatic heterocycles. The monoisotopic (exact) mass is 590 g/mol. The first kappa shape index (κ1) is 30.2. The maximum atomic E-state index is 13.6. The lowest BCUT2D eigenvalue weighted by Crippen LogP contribution is -2.43. The van der Waals surface area contributed by atoms with Crippen LogP contribution in [0, 0.1) is 0 Å². The number of pyridine rings is 2. The number of hydrogen-bond acceptors (Lipinski definition) is 8. The second-order valence-electron chi connectivity index (χ2n) is 11.5. The number of ether oxygens (including phenoxy) is 2. The molecular weight excluding hydrogens is 552 g/mol. The third kappa shape index (κ3) is 5.26. The fourth-order valence-electron chi connectivity index (χ4n) is 5.94. The zero-order valence-corrected chi connectivity index (χ0v) is 25.5. The number of aryl methyl sites for hydroxylation is 1. The first-order chi connectivity index (χ1) is 20.4. The number of fused-ring (bicyclic) bond motifs is 5. The number of Topliss-reactive ketones (excluding diaryl/α,β-unsaturated/α-hetero) is 1. The molecule has 0 saturated carbocycles. The Hall–Kier alpha value is -4.25. The van der Waals surface area contributed by atoms with Crippen LogP contribution in [0.5, 0.6) is 5.75 Å². The van der Waals surface area contributed by atoms with Gasteiger partial charge in [-0.3, -0.25) is 9.59 Å². The fourth-order valence-corrected chi connectivity index (χ4v) is 5.94. The van der Waals surface area contributed by atoms with E-state index < -0.39 is 17.8 Å². The molecular formula is C32H38N4O7. The number of nitrogens with zero attached hydrogens (tertiary/aromatic N) is 4. The van der Waals surface area contributed by atoms with Crippen molar-refractivity contribution in [2.24, 2.45) is 0 Å². The van der Waals surface area contributed by atoms with Gasteiger partial charge in [0.25, 0.3) is 5.56 Å². The Balaban J connectivity index is 1.43. The summed E-state index contributed by atoms with van der Waals surface area (Å²) in [6, 6.07) is 7.00. The van der Waals surface area contributed by atoms with Crippen molar-refractivity contribution in [2.75, 3.05) is 27.2 Å². The third-order valence-electron chi connectivity index (χ3n) is 8.44. The SMILES string of the molecule is CCc1c2c(nc3ccc(OC(=O)N(C)CCN(C)C(=O)OC(C)C)cc13)-c1cc3c(c(=O)n1C2)CCC(=O)[C@]3(O)CC. The minimum atomic E-state index is -1.67. The lowest BCUT2D eigenvalue weighted by Gasteiger charge is -2.32. The number of amides is 2. The van der Waals surface area contributed by atoms with Gasteiger partial charge in [-0.25, -0.2) is 14.6 Å². The molecule has 0 saturated heterocycles. The summed E-state index contributed by atoms with van der Waals surface area (Å²) in [6.07, 6.45) is 0.0246. The molecule has 0 radical (unpaired) electrons. The van der Waals surface area contributed by atoms with Crippen LogP contribution in [0.3, 0.4) is 0 Å². The van der Waals surface area contributed by atoms with E-state index in [1.165, 1.54) is 9.80 Å². The Labute approximate surface area is 250 Å². The number of aliphatic hydroxyl groups is 1. The van der Waals surface area contributed by atoms with Crippen molar-refractivity contribution in [3.8, 4) is 17.1 Å². The van der Waals surface area contributed by atoms with Crippen molar-refractivity contribution < 1.29 is 29.0 Å². The van der Waals surface area contributed by atoms with Crippen LogP contribution in [0.15, 0.2) is 29.1 Å². The molecule has 0 bridgehead atoms. The zero-order chi connectivity index (χ0) is 31.2. The van der Waals surface area contributed by atoms with Gasteiger partial charge in [-0.2, -0.15) is 0 Å². The molecule has 2 aliphatic rings. The lowest BCUT2D eigenvalue weighted by molar-refractivity contribution is -0.140. The van der Waals surface area contributed by atoms with Gasteiger partial charge >= 0.3 is 12.2 Å². The highest BCUT2D eigenvalue weighted by molar-refractivity contribution is 5.92. The minimum Gasteiger partial charge on any atom is -0.447 e. The average molecular weight is 591 g/mol. The van der Waals surface area contributed by atoms with Crippen molar-refractivity contribution in [1.29, 1.82) is 0 Å². The van der Waals surface area contributed by atoms with Gasteiger partial charge < -0.3 is 28.9 Å². The summed E-state index contributed by atoms with van der Waals surface area (Å²) in [4.78, 5) is 58.9. The third-order valence-corrected chi connectivity index (χ3v) is 8.44. The van der Waals surface area contributed by atoms with Gasteiger partial charge in [0.1, 0.15) is 11.4 Å². The van der Waals surface area contributed by atoms with E-state index in [2.05, 4.69) is 0 Å². The molecule has 3 aromatic rings. The summed E-state index contributed by atoms with van der Waals surface area (Å²) < 4.78 is 12.5. The van der Waals surface area contributed by atoms with Gasteiger partial charge in [-0.1, -0.05) is 13.8 Å². The van der Waals surface area contributed by atoms with Crippen LogP contribution in [-0.2, 0) is 34.5 Å². The summed E-state index contributed by atoms with van der Waals surface area (Å²) in [5, 5.41) is 12.1. The van der Waals surface area contributed by atoms with Gasteiger partial charge in [0.15, 0.2) is 5.78 Å². The van der Waals surface area contributed by atoms with E-state index in [0.29, 0.717) is 53.2 Å². The van der Waals surface area contributed by atoms with Gasteiger partial charge in [0.05, 0.1) is 29.6 Å². The van der Waals surface area contributed by atoms with E-state index in [0.717, 1.165) is 16.5 Å². The smallest absolute Gasteiger partial charge is 0.415 e. The molecule has 3 heterocycles. The van der Waals surface area contributed by atoms with E-state index in [9.17, 15) is 24.3 Å². The number of rotatable bonds is 7. The van der Waals surface area contributed by atoms with Gasteiger partial charge in [-0.15, -0.1) is 0 Å². The minimum absolute atomic E-state index is 0.138. The van der Waals surface area contributed by atoms with Gasteiger partial charge in [-0.05, 0) is 62.9 Å². The Morgan fingerprint density at radius 2 is 1.74 bits per heavy atom. The largest absolute Gasteiger partial charge is 0.447 e. The number of carbonyl (C=O) groups is 3. The number of ketones is 1. The van der Waals surface area contributed by atoms with Crippen molar-refractivity contribution in [3.63, 3.8) is 0 Å². The number of aromatic nitrogens is 2. The molecule has 0 unspecified atom stereocenters. The maximum Gasteiger partial charge on any atom is 0.415 e. The van der Waals surface area contributed by atoms with Crippen LogP contribution in [0.1, 0.15) is 62.8 Å². The summed E-state index contributed by atoms with van der Waals surface area (Å²) >= 11 is 0. The number of likely N-dealkylation sites (N-methyl/N-ethyl adjacent to an activating group) is 2. The predicted molar refractivity (Wildman–Crippen MR) is 160 cm³/mol. The molecule has 1 aromatic carbocycles. The Morgan fingerprint density at radius 3 is 2.40 bits per heavy atom. The van der Waals surface area contributed by atoms with Crippen LogP contribution < -0.4 is 10.3 Å². The molecule has 43 heavy (non-hydrogen) atoms. The highest BCUT2D eigenvalue weighted by Gasteiger charge is 2.43. The molecule has 2 amide bonds.